The Morgan fingerprint density at radius 2 is 2.38 bits per heavy atom. The molecule has 0 amide bonds. The molecule has 0 aliphatic heterocycles. The highest BCUT2D eigenvalue weighted by Gasteiger charge is 2.19. The van der Waals surface area contributed by atoms with Crippen LogP contribution in [0.3, 0.4) is 0 Å². The monoisotopic (exact) mass is 200 g/mol. The molecule has 1 aliphatic rings. The highest BCUT2D eigenvalue weighted by atomic mass is 35.5. The maximum Gasteiger partial charge on any atom is 0.309 e. The summed E-state index contributed by atoms with van der Waals surface area (Å²) < 4.78 is 4.94. The first kappa shape index (κ1) is 10.3. The number of rotatable bonds is 3. The summed E-state index contributed by atoms with van der Waals surface area (Å²) in [7, 11) is 0. The third-order valence-corrected chi connectivity index (χ3v) is 2.08. The highest BCUT2D eigenvalue weighted by molar-refractivity contribution is 6.29. The molecule has 72 valence electrons. The third kappa shape index (κ3) is 3.64. The number of allylic oxidation sites excluding steroid dienone is 2. The minimum atomic E-state index is -0.161. The number of hydrogen-bond donors (Lipinski definition) is 0. The number of carbonyl (C=O) groups excluding carboxylic acids is 1. The van der Waals surface area contributed by atoms with Gasteiger partial charge in [-0.15, -0.1) is 0 Å². The van der Waals surface area contributed by atoms with E-state index in [1.807, 2.05) is 6.08 Å². The molecule has 1 rings (SSSR count). The van der Waals surface area contributed by atoms with Crippen molar-refractivity contribution < 1.29 is 9.53 Å². The standard InChI is InChI=1S/C10H13ClO2/c1-8(11)7-13-10(12)9-5-3-2-4-6-9/h2-3,9H,1,4-7H2. The van der Waals surface area contributed by atoms with E-state index in [9.17, 15) is 4.79 Å². The van der Waals surface area contributed by atoms with Crippen LogP contribution in [0.4, 0.5) is 0 Å². The lowest BCUT2D eigenvalue weighted by Crippen LogP contribution is -2.19. The summed E-state index contributed by atoms with van der Waals surface area (Å²) >= 11 is 5.48. The third-order valence-electron chi connectivity index (χ3n) is 1.97. The average Bonchev–Trinajstić information content (AvgIpc) is 2.15. The van der Waals surface area contributed by atoms with Crippen LogP contribution in [0.1, 0.15) is 19.3 Å². The van der Waals surface area contributed by atoms with Crippen LogP contribution in [0.15, 0.2) is 23.8 Å². The second-order valence-corrected chi connectivity index (χ2v) is 3.64. The summed E-state index contributed by atoms with van der Waals surface area (Å²) in [5.41, 5.74) is 0. The van der Waals surface area contributed by atoms with E-state index < -0.39 is 0 Å². The van der Waals surface area contributed by atoms with E-state index in [0.29, 0.717) is 5.03 Å². The quantitative estimate of drug-likeness (QED) is 0.517. The summed E-state index contributed by atoms with van der Waals surface area (Å²) in [4.78, 5) is 11.3. The van der Waals surface area contributed by atoms with Gasteiger partial charge in [-0.25, -0.2) is 0 Å². The van der Waals surface area contributed by atoms with Crippen molar-refractivity contribution in [2.75, 3.05) is 6.61 Å². The molecule has 3 heteroatoms. The number of ether oxygens (including phenoxy) is 1. The van der Waals surface area contributed by atoms with E-state index in [1.165, 1.54) is 0 Å². The molecule has 0 saturated heterocycles. The maximum atomic E-state index is 11.3. The molecule has 1 atom stereocenters. The van der Waals surface area contributed by atoms with Crippen LogP contribution >= 0.6 is 11.6 Å². The molecule has 0 aromatic carbocycles. The average molecular weight is 201 g/mol. The molecule has 0 aromatic rings. The zero-order valence-electron chi connectivity index (χ0n) is 7.46. The molecule has 0 radical (unpaired) electrons. The normalized spacial score (nSPS) is 21.2. The molecular formula is C10H13ClO2. The fourth-order valence-electron chi connectivity index (χ4n) is 1.27. The zero-order valence-corrected chi connectivity index (χ0v) is 8.22. The summed E-state index contributed by atoms with van der Waals surface area (Å²) in [6, 6.07) is 0. The van der Waals surface area contributed by atoms with E-state index in [4.69, 9.17) is 16.3 Å². The Balaban J connectivity index is 2.30. The number of halogens is 1. The Morgan fingerprint density at radius 3 is 2.92 bits per heavy atom. The SMILES string of the molecule is C=C(Cl)COC(=O)C1CC=CCC1. The van der Waals surface area contributed by atoms with E-state index in [-0.39, 0.29) is 18.5 Å². The Hall–Kier alpha value is -0.760. The van der Waals surface area contributed by atoms with Crippen LogP contribution in [-0.2, 0) is 9.53 Å². The van der Waals surface area contributed by atoms with Gasteiger partial charge in [-0.2, -0.15) is 0 Å². The van der Waals surface area contributed by atoms with Gasteiger partial charge < -0.3 is 4.74 Å². The summed E-state index contributed by atoms with van der Waals surface area (Å²) in [5.74, 6) is -0.146. The lowest BCUT2D eigenvalue weighted by atomic mass is 9.95. The highest BCUT2D eigenvalue weighted by Crippen LogP contribution is 2.19. The van der Waals surface area contributed by atoms with Crippen LogP contribution in [0.5, 0.6) is 0 Å². The minimum Gasteiger partial charge on any atom is -0.460 e. The smallest absolute Gasteiger partial charge is 0.309 e. The van der Waals surface area contributed by atoms with Crippen molar-refractivity contribution in [3.05, 3.63) is 23.8 Å². The Labute approximate surface area is 83.2 Å². The first-order valence-electron chi connectivity index (χ1n) is 4.35. The van der Waals surface area contributed by atoms with Gasteiger partial charge in [-0.3, -0.25) is 4.79 Å². The fraction of sp³-hybridized carbons (Fsp3) is 0.500. The fourth-order valence-corrected chi connectivity index (χ4v) is 1.33. The molecule has 0 spiro atoms. The lowest BCUT2D eigenvalue weighted by Gasteiger charge is -2.15. The summed E-state index contributed by atoms with van der Waals surface area (Å²) in [5, 5.41) is 0.361. The van der Waals surface area contributed by atoms with Gasteiger partial charge in [0.25, 0.3) is 0 Å². The van der Waals surface area contributed by atoms with Crippen LogP contribution in [0, 0.1) is 5.92 Å². The Morgan fingerprint density at radius 1 is 1.62 bits per heavy atom. The van der Waals surface area contributed by atoms with Crippen LogP contribution in [0.2, 0.25) is 0 Å². The van der Waals surface area contributed by atoms with Crippen molar-refractivity contribution >= 4 is 17.6 Å². The molecule has 0 N–H and O–H groups in total. The predicted molar refractivity (Wildman–Crippen MR) is 52.4 cm³/mol. The topological polar surface area (TPSA) is 26.3 Å². The van der Waals surface area contributed by atoms with Gasteiger partial charge >= 0.3 is 5.97 Å². The molecule has 0 bridgehead atoms. The van der Waals surface area contributed by atoms with Gasteiger partial charge in [-0.05, 0) is 19.3 Å². The predicted octanol–water partition coefficient (Wildman–Crippen LogP) is 2.64. The van der Waals surface area contributed by atoms with Gasteiger partial charge in [0.1, 0.15) is 6.61 Å². The van der Waals surface area contributed by atoms with Crippen LogP contribution in [-0.4, -0.2) is 12.6 Å². The summed E-state index contributed by atoms with van der Waals surface area (Å²) in [6.07, 6.45) is 6.73. The van der Waals surface area contributed by atoms with Crippen molar-refractivity contribution in [2.24, 2.45) is 5.92 Å². The maximum absolute atomic E-state index is 11.3. The molecule has 2 nitrogen and oxygen atoms in total. The zero-order chi connectivity index (χ0) is 9.68. The first-order chi connectivity index (χ1) is 6.20. The second-order valence-electron chi connectivity index (χ2n) is 3.11. The second kappa shape index (κ2) is 5.07. The molecule has 0 aromatic heterocycles. The Kier molecular flexibility index (Phi) is 4.03. The van der Waals surface area contributed by atoms with Gasteiger partial charge in [-0.1, -0.05) is 30.3 Å². The van der Waals surface area contributed by atoms with Crippen molar-refractivity contribution in [1.82, 2.24) is 0 Å². The molecule has 1 aliphatic carbocycles. The summed E-state index contributed by atoms with van der Waals surface area (Å²) in [6.45, 7) is 3.57. The van der Waals surface area contributed by atoms with Gasteiger partial charge in [0.05, 0.1) is 5.92 Å². The van der Waals surface area contributed by atoms with Crippen molar-refractivity contribution in [2.45, 2.75) is 19.3 Å². The van der Waals surface area contributed by atoms with E-state index >= 15 is 0 Å². The van der Waals surface area contributed by atoms with E-state index in [1.54, 1.807) is 0 Å². The van der Waals surface area contributed by atoms with E-state index in [2.05, 4.69) is 12.7 Å². The van der Waals surface area contributed by atoms with E-state index in [0.717, 1.165) is 19.3 Å². The first-order valence-corrected chi connectivity index (χ1v) is 4.73. The van der Waals surface area contributed by atoms with Crippen LogP contribution < -0.4 is 0 Å². The largest absolute Gasteiger partial charge is 0.460 e. The van der Waals surface area contributed by atoms with Gasteiger partial charge in [0, 0.05) is 5.03 Å². The van der Waals surface area contributed by atoms with Crippen LogP contribution in [0.25, 0.3) is 0 Å². The molecule has 1 unspecified atom stereocenters. The number of carbonyl (C=O) groups is 1. The molecule has 0 fully saturated rings. The van der Waals surface area contributed by atoms with Gasteiger partial charge in [0.15, 0.2) is 0 Å². The molecular weight excluding hydrogens is 188 g/mol. The minimum absolute atomic E-state index is 0.0148. The number of hydrogen-bond acceptors (Lipinski definition) is 2. The Bertz CT molecular complexity index is 233. The molecule has 0 saturated carbocycles. The lowest BCUT2D eigenvalue weighted by molar-refractivity contribution is -0.147. The number of esters is 1. The molecule has 0 heterocycles. The van der Waals surface area contributed by atoms with Crippen molar-refractivity contribution in [3.8, 4) is 0 Å². The van der Waals surface area contributed by atoms with Crippen molar-refractivity contribution in [1.29, 1.82) is 0 Å². The molecule has 13 heavy (non-hydrogen) atoms. The van der Waals surface area contributed by atoms with Crippen molar-refractivity contribution in [3.63, 3.8) is 0 Å². The van der Waals surface area contributed by atoms with Gasteiger partial charge in [0.2, 0.25) is 0 Å².